The van der Waals surface area contributed by atoms with Crippen molar-refractivity contribution in [1.29, 1.82) is 0 Å². The SMILES string of the molecule is CCC(NCc1cc(Br)c(Br)o1)c1cccs1. The van der Waals surface area contributed by atoms with Crippen molar-refractivity contribution in [3.05, 3.63) is 43.4 Å². The second-order valence-corrected chi connectivity index (χ2v) is 6.25. The third-order valence-electron chi connectivity index (χ3n) is 2.51. The van der Waals surface area contributed by atoms with E-state index in [-0.39, 0.29) is 0 Å². The first-order valence-electron chi connectivity index (χ1n) is 5.41. The van der Waals surface area contributed by atoms with Gasteiger partial charge >= 0.3 is 0 Å². The van der Waals surface area contributed by atoms with E-state index in [0.29, 0.717) is 6.04 Å². The smallest absolute Gasteiger partial charge is 0.183 e. The van der Waals surface area contributed by atoms with Gasteiger partial charge in [0, 0.05) is 10.9 Å². The van der Waals surface area contributed by atoms with Crippen molar-refractivity contribution in [1.82, 2.24) is 5.32 Å². The van der Waals surface area contributed by atoms with Gasteiger partial charge in [-0.25, -0.2) is 0 Å². The summed E-state index contributed by atoms with van der Waals surface area (Å²) in [7, 11) is 0. The maximum Gasteiger partial charge on any atom is 0.183 e. The van der Waals surface area contributed by atoms with E-state index in [1.807, 2.05) is 6.07 Å². The average molecular weight is 379 g/mol. The van der Waals surface area contributed by atoms with Crippen LogP contribution in [-0.2, 0) is 6.54 Å². The molecule has 0 aromatic carbocycles. The zero-order valence-corrected chi connectivity index (χ0v) is 13.4. The predicted octanol–water partition coefficient (Wildman–Crippen LogP) is 5.11. The fourth-order valence-electron chi connectivity index (χ4n) is 1.64. The molecule has 92 valence electrons. The Kier molecular flexibility index (Phi) is 4.85. The minimum atomic E-state index is 0.401. The van der Waals surface area contributed by atoms with Crippen LogP contribution in [-0.4, -0.2) is 0 Å². The van der Waals surface area contributed by atoms with E-state index in [9.17, 15) is 0 Å². The second kappa shape index (κ2) is 6.18. The van der Waals surface area contributed by atoms with Crippen molar-refractivity contribution in [2.24, 2.45) is 0 Å². The molecule has 0 radical (unpaired) electrons. The first kappa shape index (κ1) is 13.3. The van der Waals surface area contributed by atoms with Gasteiger partial charge in [-0.2, -0.15) is 0 Å². The van der Waals surface area contributed by atoms with Gasteiger partial charge in [-0.15, -0.1) is 11.3 Å². The Bertz CT molecular complexity index is 447. The van der Waals surface area contributed by atoms with Crippen LogP contribution < -0.4 is 5.32 Å². The molecule has 0 bridgehead atoms. The lowest BCUT2D eigenvalue weighted by atomic mass is 10.2. The highest BCUT2D eigenvalue weighted by Crippen LogP contribution is 2.27. The summed E-state index contributed by atoms with van der Waals surface area (Å²) in [6, 6.07) is 6.64. The van der Waals surface area contributed by atoms with Crippen molar-refractivity contribution in [3.63, 3.8) is 0 Å². The van der Waals surface area contributed by atoms with Crippen LogP contribution in [0.5, 0.6) is 0 Å². The number of furan rings is 1. The third kappa shape index (κ3) is 3.44. The number of halogens is 2. The van der Waals surface area contributed by atoms with Gasteiger partial charge in [0.15, 0.2) is 4.67 Å². The number of hydrogen-bond acceptors (Lipinski definition) is 3. The van der Waals surface area contributed by atoms with Gasteiger partial charge in [0.2, 0.25) is 0 Å². The molecule has 0 fully saturated rings. The minimum Gasteiger partial charge on any atom is -0.452 e. The quantitative estimate of drug-likeness (QED) is 0.782. The third-order valence-corrected chi connectivity index (χ3v) is 5.21. The van der Waals surface area contributed by atoms with Gasteiger partial charge in [-0.1, -0.05) is 13.0 Å². The van der Waals surface area contributed by atoms with Crippen LogP contribution in [0.1, 0.15) is 30.0 Å². The Morgan fingerprint density at radius 2 is 2.29 bits per heavy atom. The molecule has 2 aromatic heterocycles. The number of hydrogen-bond donors (Lipinski definition) is 1. The summed E-state index contributed by atoms with van der Waals surface area (Å²) in [6.45, 7) is 2.92. The van der Waals surface area contributed by atoms with Crippen molar-refractivity contribution in [2.45, 2.75) is 25.9 Å². The summed E-state index contributed by atoms with van der Waals surface area (Å²) in [4.78, 5) is 1.37. The van der Waals surface area contributed by atoms with Crippen molar-refractivity contribution < 1.29 is 4.42 Å². The highest BCUT2D eigenvalue weighted by atomic mass is 79.9. The van der Waals surface area contributed by atoms with Gasteiger partial charge in [-0.05, 0) is 55.8 Å². The van der Waals surface area contributed by atoms with Crippen LogP contribution in [0.15, 0.2) is 37.1 Å². The average Bonchev–Trinajstić information content (AvgIpc) is 2.92. The van der Waals surface area contributed by atoms with Gasteiger partial charge in [0.1, 0.15) is 5.76 Å². The molecule has 0 saturated heterocycles. The summed E-state index contributed by atoms with van der Waals surface area (Å²) in [5.74, 6) is 0.929. The molecule has 1 atom stereocenters. The molecule has 2 rings (SSSR count). The lowest BCUT2D eigenvalue weighted by Crippen LogP contribution is -2.18. The number of rotatable bonds is 5. The molecular formula is C12H13Br2NOS. The summed E-state index contributed by atoms with van der Waals surface area (Å²) >= 11 is 8.54. The lowest BCUT2D eigenvalue weighted by Gasteiger charge is -2.14. The molecule has 2 heterocycles. The fourth-order valence-corrected chi connectivity index (χ4v) is 3.18. The maximum atomic E-state index is 5.54. The minimum absolute atomic E-state index is 0.401. The van der Waals surface area contributed by atoms with Crippen molar-refractivity contribution >= 4 is 43.2 Å². The van der Waals surface area contributed by atoms with Crippen LogP contribution >= 0.6 is 43.2 Å². The Morgan fingerprint density at radius 3 is 2.82 bits per heavy atom. The zero-order valence-electron chi connectivity index (χ0n) is 9.37. The highest BCUT2D eigenvalue weighted by molar-refractivity contribution is 9.13. The molecule has 0 aliphatic carbocycles. The Balaban J connectivity index is 1.97. The van der Waals surface area contributed by atoms with E-state index in [0.717, 1.165) is 27.9 Å². The van der Waals surface area contributed by atoms with Gasteiger partial charge in [0.25, 0.3) is 0 Å². The molecule has 0 aliphatic rings. The maximum absolute atomic E-state index is 5.54. The first-order chi connectivity index (χ1) is 8.20. The second-order valence-electron chi connectivity index (χ2n) is 3.69. The number of nitrogens with one attached hydrogen (secondary N) is 1. The molecule has 1 N–H and O–H groups in total. The highest BCUT2D eigenvalue weighted by Gasteiger charge is 2.11. The summed E-state index contributed by atoms with van der Waals surface area (Å²) < 4.78 is 7.24. The topological polar surface area (TPSA) is 25.2 Å². The molecular weight excluding hydrogens is 366 g/mol. The number of thiophene rings is 1. The molecule has 1 unspecified atom stereocenters. The normalized spacial score (nSPS) is 12.9. The molecule has 17 heavy (non-hydrogen) atoms. The molecule has 2 nitrogen and oxygen atoms in total. The van der Waals surface area contributed by atoms with E-state index in [4.69, 9.17) is 4.42 Å². The first-order valence-corrected chi connectivity index (χ1v) is 7.87. The van der Waals surface area contributed by atoms with Gasteiger partial charge < -0.3 is 9.73 Å². The van der Waals surface area contributed by atoms with E-state index < -0.39 is 0 Å². The Labute approximate surface area is 122 Å². The van der Waals surface area contributed by atoms with Crippen molar-refractivity contribution in [2.75, 3.05) is 0 Å². The standard InChI is InChI=1S/C12H13Br2NOS/c1-2-10(11-4-3-5-17-11)15-7-8-6-9(13)12(14)16-8/h3-6,10,15H,2,7H2,1H3. The van der Waals surface area contributed by atoms with Crippen LogP contribution in [0.3, 0.4) is 0 Å². The Morgan fingerprint density at radius 1 is 1.47 bits per heavy atom. The van der Waals surface area contributed by atoms with E-state index >= 15 is 0 Å². The Hall–Kier alpha value is -0.100. The fraction of sp³-hybridized carbons (Fsp3) is 0.333. The summed E-state index contributed by atoms with van der Waals surface area (Å²) in [5.41, 5.74) is 0. The largest absolute Gasteiger partial charge is 0.452 e. The molecule has 0 saturated carbocycles. The van der Waals surface area contributed by atoms with Gasteiger partial charge in [0.05, 0.1) is 11.0 Å². The van der Waals surface area contributed by atoms with E-state index in [1.165, 1.54) is 4.88 Å². The summed E-state index contributed by atoms with van der Waals surface area (Å²) in [6.07, 6.45) is 1.07. The van der Waals surface area contributed by atoms with E-state index in [2.05, 4.69) is 61.6 Å². The predicted molar refractivity (Wildman–Crippen MR) is 78.3 cm³/mol. The van der Waals surface area contributed by atoms with Crippen LogP contribution in [0.25, 0.3) is 0 Å². The van der Waals surface area contributed by atoms with Crippen molar-refractivity contribution in [3.8, 4) is 0 Å². The van der Waals surface area contributed by atoms with Crippen LogP contribution in [0.2, 0.25) is 0 Å². The van der Waals surface area contributed by atoms with Crippen LogP contribution in [0.4, 0.5) is 0 Å². The monoisotopic (exact) mass is 377 g/mol. The van der Waals surface area contributed by atoms with Gasteiger partial charge in [-0.3, -0.25) is 0 Å². The molecule has 0 spiro atoms. The molecule has 0 aliphatic heterocycles. The summed E-state index contributed by atoms with van der Waals surface area (Å²) in [5, 5.41) is 5.61. The van der Waals surface area contributed by atoms with E-state index in [1.54, 1.807) is 11.3 Å². The lowest BCUT2D eigenvalue weighted by molar-refractivity contribution is 0.434. The molecule has 5 heteroatoms. The molecule has 0 amide bonds. The zero-order chi connectivity index (χ0) is 12.3. The van der Waals surface area contributed by atoms with Crippen LogP contribution in [0, 0.1) is 0 Å². The molecule has 2 aromatic rings.